The molecule has 4 rings (SSSR count). The lowest BCUT2D eigenvalue weighted by atomic mass is 10.0. The van der Waals surface area contributed by atoms with Crippen LogP contribution in [-0.2, 0) is 11.0 Å². The van der Waals surface area contributed by atoms with Crippen molar-refractivity contribution in [2.24, 2.45) is 5.92 Å². The highest BCUT2D eigenvalue weighted by Gasteiger charge is 2.48. The van der Waals surface area contributed by atoms with E-state index < -0.39 is 17.7 Å². The Morgan fingerprint density at radius 1 is 1.13 bits per heavy atom. The van der Waals surface area contributed by atoms with E-state index in [2.05, 4.69) is 10.2 Å². The predicted molar refractivity (Wildman–Crippen MR) is 112 cm³/mol. The van der Waals surface area contributed by atoms with E-state index in [4.69, 9.17) is 4.74 Å². The Morgan fingerprint density at radius 3 is 2.52 bits per heavy atom. The fraction of sp³-hybridized carbons (Fsp3) is 0.458. The molecule has 166 valence electrons. The summed E-state index contributed by atoms with van der Waals surface area (Å²) in [6.45, 7) is 2.30. The smallest absolute Gasteiger partial charge is 0.416 e. The Balaban J connectivity index is 1.45. The molecule has 1 aliphatic heterocycles. The molecule has 0 radical (unpaired) electrons. The molecule has 2 aromatic carbocycles. The van der Waals surface area contributed by atoms with Gasteiger partial charge in [-0.15, -0.1) is 0 Å². The maximum Gasteiger partial charge on any atom is 0.416 e. The molecular weight excluding hydrogens is 405 g/mol. The summed E-state index contributed by atoms with van der Waals surface area (Å²) in [5.74, 6) is -0.201. The summed E-state index contributed by atoms with van der Waals surface area (Å²) in [4.78, 5) is 15.1. The van der Waals surface area contributed by atoms with Gasteiger partial charge in [-0.3, -0.25) is 9.69 Å². The van der Waals surface area contributed by atoms with E-state index in [1.54, 1.807) is 13.2 Å². The molecule has 1 amide bonds. The van der Waals surface area contributed by atoms with E-state index in [0.717, 1.165) is 43.3 Å². The van der Waals surface area contributed by atoms with Gasteiger partial charge >= 0.3 is 6.18 Å². The lowest BCUT2D eigenvalue weighted by Crippen LogP contribution is -2.37. The highest BCUT2D eigenvalue weighted by molar-refractivity contribution is 5.83. The van der Waals surface area contributed by atoms with E-state index in [0.29, 0.717) is 13.0 Å². The van der Waals surface area contributed by atoms with Gasteiger partial charge in [-0.05, 0) is 56.0 Å². The Hall–Kier alpha value is -2.54. The number of carbonyl (C=O) groups excluding carboxylic acids is 1. The lowest BCUT2D eigenvalue weighted by Gasteiger charge is -2.29. The van der Waals surface area contributed by atoms with Crippen molar-refractivity contribution in [1.82, 2.24) is 10.2 Å². The number of amides is 1. The summed E-state index contributed by atoms with van der Waals surface area (Å²) in [5, 5.41) is 3.01. The molecular formula is C24H27F3N2O2. The molecule has 2 fully saturated rings. The zero-order valence-corrected chi connectivity index (χ0v) is 17.5. The maximum absolute atomic E-state index is 13.3. The number of para-hydroxylation sites is 1. The Bertz CT molecular complexity index is 925. The molecule has 7 heteroatoms. The van der Waals surface area contributed by atoms with Gasteiger partial charge in [-0.25, -0.2) is 0 Å². The summed E-state index contributed by atoms with van der Waals surface area (Å²) >= 11 is 0. The fourth-order valence-electron chi connectivity index (χ4n) is 4.67. The Labute approximate surface area is 180 Å². The molecule has 4 nitrogen and oxygen atoms in total. The van der Waals surface area contributed by atoms with Crippen LogP contribution < -0.4 is 10.1 Å². The first-order valence-electron chi connectivity index (χ1n) is 10.7. The zero-order valence-electron chi connectivity index (χ0n) is 17.5. The van der Waals surface area contributed by atoms with Crippen LogP contribution in [-0.4, -0.2) is 37.6 Å². The summed E-state index contributed by atoms with van der Waals surface area (Å²) in [5.41, 5.74) is 0.595. The number of ether oxygens (including phenoxy) is 1. The third-order valence-electron chi connectivity index (χ3n) is 6.34. The minimum absolute atomic E-state index is 0.0257. The molecule has 1 aliphatic carbocycles. The minimum Gasteiger partial charge on any atom is -0.496 e. The molecule has 1 saturated heterocycles. The third kappa shape index (κ3) is 4.71. The van der Waals surface area contributed by atoms with Crippen molar-refractivity contribution in [2.45, 2.75) is 37.4 Å². The molecule has 0 bridgehead atoms. The molecule has 0 spiro atoms. The second-order valence-corrected chi connectivity index (χ2v) is 8.28. The van der Waals surface area contributed by atoms with Crippen LogP contribution in [0, 0.1) is 5.92 Å². The highest BCUT2D eigenvalue weighted by Crippen LogP contribution is 2.51. The van der Waals surface area contributed by atoms with Gasteiger partial charge in [0, 0.05) is 18.0 Å². The summed E-state index contributed by atoms with van der Waals surface area (Å²) in [6, 6.07) is 13.3. The van der Waals surface area contributed by atoms with Crippen LogP contribution in [0.15, 0.2) is 48.5 Å². The molecule has 31 heavy (non-hydrogen) atoms. The fourth-order valence-corrected chi connectivity index (χ4v) is 4.67. The average molecular weight is 432 g/mol. The zero-order chi connectivity index (χ0) is 22.0. The van der Waals surface area contributed by atoms with Crippen LogP contribution >= 0.6 is 0 Å². The Morgan fingerprint density at radius 2 is 1.81 bits per heavy atom. The van der Waals surface area contributed by atoms with E-state index in [1.807, 2.05) is 24.3 Å². The van der Waals surface area contributed by atoms with Crippen LogP contribution in [0.1, 0.15) is 47.9 Å². The third-order valence-corrected chi connectivity index (χ3v) is 6.34. The summed E-state index contributed by atoms with van der Waals surface area (Å²) < 4.78 is 45.5. The van der Waals surface area contributed by atoms with Crippen molar-refractivity contribution in [2.75, 3.05) is 26.7 Å². The first-order valence-corrected chi connectivity index (χ1v) is 10.7. The summed E-state index contributed by atoms with van der Waals surface area (Å²) in [7, 11) is 1.63. The second-order valence-electron chi connectivity index (χ2n) is 8.28. The second kappa shape index (κ2) is 8.91. The number of methoxy groups -OCH3 is 1. The molecule has 1 saturated carbocycles. The van der Waals surface area contributed by atoms with Crippen molar-refractivity contribution in [3.63, 3.8) is 0 Å². The van der Waals surface area contributed by atoms with Gasteiger partial charge in [0.15, 0.2) is 0 Å². The maximum atomic E-state index is 13.3. The van der Waals surface area contributed by atoms with Crippen LogP contribution in [0.4, 0.5) is 13.2 Å². The van der Waals surface area contributed by atoms with Crippen molar-refractivity contribution in [3.05, 3.63) is 65.2 Å². The van der Waals surface area contributed by atoms with Gasteiger partial charge in [0.05, 0.1) is 18.7 Å². The topological polar surface area (TPSA) is 41.6 Å². The lowest BCUT2D eigenvalue weighted by molar-refractivity contribution is -0.138. The van der Waals surface area contributed by atoms with E-state index in [9.17, 15) is 18.0 Å². The molecule has 1 heterocycles. The van der Waals surface area contributed by atoms with E-state index in [-0.39, 0.29) is 23.4 Å². The number of likely N-dealkylation sites (tertiary alicyclic amines) is 1. The van der Waals surface area contributed by atoms with Crippen LogP contribution in [0.25, 0.3) is 0 Å². The number of nitrogens with zero attached hydrogens (tertiary/aromatic N) is 1. The van der Waals surface area contributed by atoms with Gasteiger partial charge in [0.25, 0.3) is 0 Å². The number of halogens is 3. The molecule has 2 aliphatic rings. The molecule has 3 unspecified atom stereocenters. The number of alkyl halides is 3. The number of benzene rings is 2. The van der Waals surface area contributed by atoms with E-state index >= 15 is 0 Å². The largest absolute Gasteiger partial charge is 0.496 e. The number of hydrogen-bond donors (Lipinski definition) is 1. The minimum atomic E-state index is -4.41. The van der Waals surface area contributed by atoms with Crippen LogP contribution in [0.3, 0.4) is 0 Å². The van der Waals surface area contributed by atoms with Crippen molar-refractivity contribution < 1.29 is 22.7 Å². The quantitative estimate of drug-likeness (QED) is 0.685. The van der Waals surface area contributed by atoms with Gasteiger partial charge in [-0.1, -0.05) is 36.4 Å². The van der Waals surface area contributed by atoms with Crippen LogP contribution in [0.5, 0.6) is 5.75 Å². The normalized spacial score (nSPS) is 22.2. The van der Waals surface area contributed by atoms with E-state index in [1.165, 1.54) is 12.1 Å². The first-order chi connectivity index (χ1) is 14.9. The van der Waals surface area contributed by atoms with Gasteiger partial charge in [0.1, 0.15) is 5.75 Å². The van der Waals surface area contributed by atoms with Crippen molar-refractivity contribution >= 4 is 5.91 Å². The van der Waals surface area contributed by atoms with Gasteiger partial charge in [0.2, 0.25) is 5.91 Å². The number of rotatable bonds is 7. The number of hydrogen-bond acceptors (Lipinski definition) is 3. The summed E-state index contributed by atoms with van der Waals surface area (Å²) in [6.07, 6.45) is -1.75. The van der Waals surface area contributed by atoms with Crippen molar-refractivity contribution in [3.8, 4) is 5.75 Å². The standard InChI is InChI=1S/C24H27F3N2O2/c1-31-22-11-5-3-9-17(22)21(29-12-6-7-13-29)15-28-23(30)19-14-18(19)16-8-2-4-10-20(16)24(25,26)27/h2-5,8-11,18-19,21H,6-7,12-15H2,1H3,(H,28,30). The average Bonchev–Trinajstić information content (AvgIpc) is 3.39. The highest BCUT2D eigenvalue weighted by atomic mass is 19.4. The van der Waals surface area contributed by atoms with Crippen LogP contribution in [0.2, 0.25) is 0 Å². The predicted octanol–water partition coefficient (Wildman–Crippen LogP) is 4.77. The number of carbonyl (C=O) groups is 1. The SMILES string of the molecule is COc1ccccc1C(CNC(=O)C1CC1c1ccccc1C(F)(F)F)N1CCCC1. The Kier molecular flexibility index (Phi) is 6.23. The van der Waals surface area contributed by atoms with Crippen molar-refractivity contribution in [1.29, 1.82) is 0 Å². The molecule has 0 aromatic heterocycles. The molecule has 1 N–H and O–H groups in total. The number of nitrogens with one attached hydrogen (secondary N) is 1. The van der Waals surface area contributed by atoms with Gasteiger partial charge in [-0.2, -0.15) is 13.2 Å². The monoisotopic (exact) mass is 432 g/mol. The molecule has 2 aromatic rings. The van der Waals surface area contributed by atoms with Gasteiger partial charge < -0.3 is 10.1 Å². The molecule has 3 atom stereocenters. The first kappa shape index (κ1) is 21.7.